The van der Waals surface area contributed by atoms with Gasteiger partial charge in [0.05, 0.1) is 6.10 Å². The van der Waals surface area contributed by atoms with Crippen LogP contribution >= 0.6 is 11.8 Å². The molecule has 2 atom stereocenters. The molecular formula is C11H21NO2S. The van der Waals surface area contributed by atoms with Gasteiger partial charge in [-0.3, -0.25) is 4.79 Å². The summed E-state index contributed by atoms with van der Waals surface area (Å²) in [5.74, 6) is 2.53. The molecule has 1 aliphatic rings. The van der Waals surface area contributed by atoms with Crippen molar-refractivity contribution in [2.24, 2.45) is 5.92 Å². The smallest absolute Gasteiger partial charge is 0.223 e. The van der Waals surface area contributed by atoms with Crippen LogP contribution in [0.1, 0.15) is 26.7 Å². The monoisotopic (exact) mass is 231 g/mol. The van der Waals surface area contributed by atoms with Gasteiger partial charge in [0.25, 0.3) is 0 Å². The molecule has 3 nitrogen and oxygen atoms in total. The number of nitrogens with zero attached hydrogens (tertiary/aromatic N) is 1. The lowest BCUT2D eigenvalue weighted by Crippen LogP contribution is -2.30. The fourth-order valence-corrected chi connectivity index (χ4v) is 2.48. The summed E-state index contributed by atoms with van der Waals surface area (Å²) in [4.78, 5) is 13.6. The largest absolute Gasteiger partial charge is 0.393 e. The van der Waals surface area contributed by atoms with Crippen LogP contribution in [0.4, 0.5) is 0 Å². The van der Waals surface area contributed by atoms with Crippen LogP contribution in [-0.2, 0) is 4.79 Å². The molecule has 0 aromatic rings. The number of aliphatic hydroxyl groups excluding tert-OH is 1. The zero-order valence-corrected chi connectivity index (χ0v) is 10.4. The first-order valence-electron chi connectivity index (χ1n) is 5.68. The Balaban J connectivity index is 2.24. The molecule has 2 unspecified atom stereocenters. The molecule has 0 radical (unpaired) electrons. The molecule has 0 aliphatic carbocycles. The van der Waals surface area contributed by atoms with Gasteiger partial charge in [0.2, 0.25) is 5.91 Å². The number of carbonyl (C=O) groups excluding carboxylic acids is 1. The number of hydrogen-bond donors (Lipinski definition) is 1. The van der Waals surface area contributed by atoms with Crippen LogP contribution in [0.2, 0.25) is 0 Å². The number of rotatable bonds is 5. The molecule has 0 spiro atoms. The topological polar surface area (TPSA) is 40.5 Å². The Kier molecular flexibility index (Phi) is 5.47. The molecule has 1 heterocycles. The van der Waals surface area contributed by atoms with Gasteiger partial charge in [-0.05, 0) is 19.1 Å². The predicted molar refractivity (Wildman–Crippen MR) is 64.0 cm³/mol. The zero-order valence-electron chi connectivity index (χ0n) is 9.61. The van der Waals surface area contributed by atoms with E-state index in [4.69, 9.17) is 0 Å². The highest BCUT2D eigenvalue weighted by molar-refractivity contribution is 7.99. The van der Waals surface area contributed by atoms with Gasteiger partial charge in [-0.2, -0.15) is 11.8 Å². The van der Waals surface area contributed by atoms with Gasteiger partial charge in [0.15, 0.2) is 0 Å². The van der Waals surface area contributed by atoms with Crippen molar-refractivity contribution in [2.75, 3.05) is 24.6 Å². The Morgan fingerprint density at radius 3 is 2.93 bits per heavy atom. The third kappa shape index (κ3) is 4.03. The highest BCUT2D eigenvalue weighted by atomic mass is 32.2. The van der Waals surface area contributed by atoms with Crippen molar-refractivity contribution in [3.05, 3.63) is 0 Å². The van der Waals surface area contributed by atoms with Crippen LogP contribution in [0.15, 0.2) is 0 Å². The van der Waals surface area contributed by atoms with Crippen LogP contribution in [-0.4, -0.2) is 46.6 Å². The van der Waals surface area contributed by atoms with Crippen LogP contribution in [0.5, 0.6) is 0 Å². The first-order valence-corrected chi connectivity index (χ1v) is 6.84. The lowest BCUT2D eigenvalue weighted by Gasteiger charge is -2.17. The summed E-state index contributed by atoms with van der Waals surface area (Å²) in [6, 6.07) is 0. The van der Waals surface area contributed by atoms with Crippen LogP contribution < -0.4 is 0 Å². The Hall–Kier alpha value is -0.220. The second-order valence-corrected chi connectivity index (χ2v) is 5.47. The van der Waals surface area contributed by atoms with Crippen molar-refractivity contribution in [2.45, 2.75) is 32.8 Å². The minimum Gasteiger partial charge on any atom is -0.393 e. The fourth-order valence-electron chi connectivity index (χ4n) is 1.87. The number of hydrogen-bond acceptors (Lipinski definition) is 3. The zero-order chi connectivity index (χ0) is 11.3. The standard InChI is InChI=1S/C11H21NO2S/c1-3-15-7-5-11(14)12-6-4-10(8-12)9(2)13/h9-10,13H,3-8H2,1-2H3. The first-order chi connectivity index (χ1) is 7.15. The van der Waals surface area contributed by atoms with E-state index < -0.39 is 0 Å². The van der Waals surface area contributed by atoms with Gasteiger partial charge in [-0.1, -0.05) is 6.92 Å². The van der Waals surface area contributed by atoms with Crippen molar-refractivity contribution in [3.8, 4) is 0 Å². The summed E-state index contributed by atoms with van der Waals surface area (Å²) in [6.45, 7) is 5.48. The van der Waals surface area contributed by atoms with Gasteiger partial charge in [0.1, 0.15) is 0 Å². The molecule has 15 heavy (non-hydrogen) atoms. The number of thioether (sulfide) groups is 1. The molecule has 1 amide bonds. The number of amides is 1. The molecule has 1 fully saturated rings. The SMILES string of the molecule is CCSCCC(=O)N1CCC(C(C)O)C1. The van der Waals surface area contributed by atoms with Crippen molar-refractivity contribution in [1.82, 2.24) is 4.90 Å². The van der Waals surface area contributed by atoms with Crippen LogP contribution in [0, 0.1) is 5.92 Å². The average molecular weight is 231 g/mol. The highest BCUT2D eigenvalue weighted by Gasteiger charge is 2.28. The minimum atomic E-state index is -0.284. The second kappa shape index (κ2) is 6.38. The Morgan fingerprint density at radius 2 is 2.40 bits per heavy atom. The van der Waals surface area contributed by atoms with E-state index in [1.807, 2.05) is 11.8 Å². The van der Waals surface area contributed by atoms with Gasteiger partial charge in [-0.25, -0.2) is 0 Å². The maximum atomic E-state index is 11.7. The van der Waals surface area contributed by atoms with Gasteiger partial charge >= 0.3 is 0 Å². The van der Waals surface area contributed by atoms with E-state index in [1.54, 1.807) is 11.8 Å². The van der Waals surface area contributed by atoms with Crippen molar-refractivity contribution < 1.29 is 9.90 Å². The summed E-state index contributed by atoms with van der Waals surface area (Å²) in [5.41, 5.74) is 0. The van der Waals surface area contributed by atoms with Crippen molar-refractivity contribution >= 4 is 17.7 Å². The molecule has 0 aromatic carbocycles. The van der Waals surface area contributed by atoms with E-state index in [2.05, 4.69) is 6.92 Å². The van der Waals surface area contributed by atoms with E-state index in [9.17, 15) is 9.90 Å². The Morgan fingerprint density at radius 1 is 1.67 bits per heavy atom. The minimum absolute atomic E-state index is 0.249. The lowest BCUT2D eigenvalue weighted by atomic mass is 10.0. The summed E-state index contributed by atoms with van der Waals surface area (Å²) in [7, 11) is 0. The second-order valence-electron chi connectivity index (χ2n) is 4.08. The molecule has 1 rings (SSSR count). The Labute approximate surface area is 96.2 Å². The molecule has 1 aliphatic heterocycles. The normalized spacial score (nSPS) is 23.1. The molecule has 0 bridgehead atoms. The summed E-state index contributed by atoms with van der Waals surface area (Å²) < 4.78 is 0. The van der Waals surface area contributed by atoms with Crippen LogP contribution in [0.3, 0.4) is 0 Å². The average Bonchev–Trinajstić information content (AvgIpc) is 2.66. The summed E-state index contributed by atoms with van der Waals surface area (Å²) in [6.07, 6.45) is 1.31. The maximum absolute atomic E-state index is 11.7. The molecule has 88 valence electrons. The summed E-state index contributed by atoms with van der Waals surface area (Å²) >= 11 is 1.81. The fraction of sp³-hybridized carbons (Fsp3) is 0.909. The van der Waals surface area contributed by atoms with Gasteiger partial charge < -0.3 is 10.0 Å². The summed E-state index contributed by atoms with van der Waals surface area (Å²) in [5, 5.41) is 9.42. The highest BCUT2D eigenvalue weighted by Crippen LogP contribution is 2.20. The van der Waals surface area contributed by atoms with E-state index in [0.717, 1.165) is 31.0 Å². The first kappa shape index (κ1) is 12.8. The maximum Gasteiger partial charge on any atom is 0.223 e. The lowest BCUT2D eigenvalue weighted by molar-refractivity contribution is -0.129. The molecular weight excluding hydrogens is 210 g/mol. The van der Waals surface area contributed by atoms with E-state index in [1.165, 1.54) is 0 Å². The predicted octanol–water partition coefficient (Wildman–Crippen LogP) is 1.36. The van der Waals surface area contributed by atoms with Gasteiger partial charge in [-0.15, -0.1) is 0 Å². The van der Waals surface area contributed by atoms with E-state index >= 15 is 0 Å². The Bertz CT molecular complexity index is 209. The molecule has 0 saturated carbocycles. The van der Waals surface area contributed by atoms with Crippen LogP contribution in [0.25, 0.3) is 0 Å². The molecule has 0 aromatic heterocycles. The number of likely N-dealkylation sites (tertiary alicyclic amines) is 1. The van der Waals surface area contributed by atoms with Crippen molar-refractivity contribution in [3.63, 3.8) is 0 Å². The third-order valence-electron chi connectivity index (χ3n) is 2.92. The van der Waals surface area contributed by atoms with Crippen molar-refractivity contribution in [1.29, 1.82) is 0 Å². The number of carbonyl (C=O) groups is 1. The molecule has 1 N–H and O–H groups in total. The van der Waals surface area contributed by atoms with Gasteiger partial charge in [0, 0.05) is 31.2 Å². The van der Waals surface area contributed by atoms with E-state index in [-0.39, 0.29) is 17.9 Å². The quantitative estimate of drug-likeness (QED) is 0.726. The molecule has 4 heteroatoms. The number of aliphatic hydroxyl groups is 1. The van der Waals surface area contributed by atoms with E-state index in [0.29, 0.717) is 6.42 Å². The molecule has 1 saturated heterocycles. The third-order valence-corrected chi connectivity index (χ3v) is 3.83.